The number of nitrogens with zero attached hydrogens (tertiary/aromatic N) is 1. The minimum atomic E-state index is 0.0787. The van der Waals surface area contributed by atoms with Crippen LogP contribution in [-0.2, 0) is 4.79 Å². The highest BCUT2D eigenvalue weighted by atomic mass is 16.1. The number of carbonyl (C=O) groups excluding carboxylic acids is 1. The van der Waals surface area contributed by atoms with Crippen molar-refractivity contribution in [3.63, 3.8) is 0 Å². The lowest BCUT2D eigenvalue weighted by Crippen LogP contribution is -2.47. The van der Waals surface area contributed by atoms with Gasteiger partial charge in [-0.1, -0.05) is 34.1 Å². The normalized spacial score (nSPS) is 16.1. The van der Waals surface area contributed by atoms with Crippen molar-refractivity contribution >= 4 is 5.78 Å². The van der Waals surface area contributed by atoms with E-state index in [1.54, 1.807) is 0 Å². The van der Waals surface area contributed by atoms with E-state index >= 15 is 0 Å². The lowest BCUT2D eigenvalue weighted by Gasteiger charge is -2.35. The van der Waals surface area contributed by atoms with Crippen molar-refractivity contribution in [2.45, 2.75) is 60.0 Å². The summed E-state index contributed by atoms with van der Waals surface area (Å²) >= 11 is 0. The SMILES string of the molecule is CCC(C)[C@@H](C(=O)C(C)C)N(C)C(C)C. The monoisotopic (exact) mass is 213 g/mol. The molecule has 0 aromatic rings. The van der Waals surface area contributed by atoms with Crippen LogP contribution in [0, 0.1) is 11.8 Å². The average molecular weight is 213 g/mol. The van der Waals surface area contributed by atoms with Crippen LogP contribution in [-0.4, -0.2) is 29.8 Å². The second-order valence-electron chi connectivity index (χ2n) is 5.15. The predicted octanol–water partition coefficient (Wildman–Crippen LogP) is 2.97. The minimum Gasteiger partial charge on any atom is -0.298 e. The molecule has 0 saturated heterocycles. The quantitative estimate of drug-likeness (QED) is 0.676. The molecule has 2 heteroatoms. The van der Waals surface area contributed by atoms with Gasteiger partial charge in [-0.25, -0.2) is 0 Å². The fraction of sp³-hybridized carbons (Fsp3) is 0.923. The molecule has 1 unspecified atom stereocenters. The molecule has 0 spiro atoms. The molecular weight excluding hydrogens is 186 g/mol. The van der Waals surface area contributed by atoms with E-state index in [-0.39, 0.29) is 12.0 Å². The molecule has 0 aliphatic rings. The molecule has 0 aliphatic carbocycles. The Labute approximate surface area is 95.0 Å². The first-order valence-electron chi connectivity index (χ1n) is 6.08. The maximum absolute atomic E-state index is 12.1. The Morgan fingerprint density at radius 3 is 1.87 bits per heavy atom. The van der Waals surface area contributed by atoms with E-state index in [9.17, 15) is 4.79 Å². The lowest BCUT2D eigenvalue weighted by molar-refractivity contribution is -0.129. The van der Waals surface area contributed by atoms with Gasteiger partial charge >= 0.3 is 0 Å². The number of hydrogen-bond acceptors (Lipinski definition) is 2. The summed E-state index contributed by atoms with van der Waals surface area (Å²) in [4.78, 5) is 14.4. The number of ketones is 1. The van der Waals surface area contributed by atoms with Crippen LogP contribution in [0.15, 0.2) is 0 Å². The van der Waals surface area contributed by atoms with Gasteiger partial charge in [0, 0.05) is 12.0 Å². The third kappa shape index (κ3) is 3.94. The largest absolute Gasteiger partial charge is 0.298 e. The van der Waals surface area contributed by atoms with Crippen LogP contribution in [0.3, 0.4) is 0 Å². The molecule has 0 bridgehead atoms. The van der Waals surface area contributed by atoms with Crippen molar-refractivity contribution in [1.82, 2.24) is 4.90 Å². The van der Waals surface area contributed by atoms with Gasteiger partial charge in [0.25, 0.3) is 0 Å². The zero-order valence-electron chi connectivity index (χ0n) is 11.4. The fourth-order valence-electron chi connectivity index (χ4n) is 1.77. The number of carbonyl (C=O) groups is 1. The number of hydrogen-bond donors (Lipinski definition) is 0. The summed E-state index contributed by atoms with van der Waals surface area (Å²) in [5.74, 6) is 0.943. The van der Waals surface area contributed by atoms with Gasteiger partial charge in [0.15, 0.2) is 5.78 Å². The molecule has 2 atom stereocenters. The summed E-state index contributed by atoms with van der Waals surface area (Å²) in [5, 5.41) is 0. The Bertz CT molecular complexity index is 199. The summed E-state index contributed by atoms with van der Waals surface area (Å²) in [6.45, 7) is 12.6. The van der Waals surface area contributed by atoms with E-state index in [1.165, 1.54) is 0 Å². The molecule has 0 fully saturated rings. The zero-order valence-corrected chi connectivity index (χ0v) is 11.4. The van der Waals surface area contributed by atoms with Gasteiger partial charge in [-0.15, -0.1) is 0 Å². The fourth-order valence-corrected chi connectivity index (χ4v) is 1.77. The Morgan fingerprint density at radius 1 is 1.13 bits per heavy atom. The van der Waals surface area contributed by atoms with E-state index in [1.807, 2.05) is 13.8 Å². The molecule has 0 aliphatic heterocycles. The third-order valence-electron chi connectivity index (χ3n) is 3.30. The van der Waals surface area contributed by atoms with Gasteiger partial charge < -0.3 is 0 Å². The van der Waals surface area contributed by atoms with Crippen LogP contribution in [0.2, 0.25) is 0 Å². The van der Waals surface area contributed by atoms with E-state index in [0.29, 0.717) is 17.7 Å². The highest BCUT2D eigenvalue weighted by Crippen LogP contribution is 2.19. The molecular formula is C13H27NO. The number of rotatable bonds is 6. The second-order valence-corrected chi connectivity index (χ2v) is 5.15. The lowest BCUT2D eigenvalue weighted by atomic mass is 9.88. The molecule has 0 amide bonds. The van der Waals surface area contributed by atoms with Gasteiger partial charge in [-0.05, 0) is 26.8 Å². The van der Waals surface area contributed by atoms with Crippen molar-refractivity contribution in [3.8, 4) is 0 Å². The highest BCUT2D eigenvalue weighted by molar-refractivity contribution is 5.86. The molecule has 0 aromatic carbocycles. The van der Waals surface area contributed by atoms with Crippen molar-refractivity contribution < 1.29 is 4.79 Å². The summed E-state index contributed by atoms with van der Waals surface area (Å²) in [5.41, 5.74) is 0. The maximum Gasteiger partial charge on any atom is 0.152 e. The van der Waals surface area contributed by atoms with Crippen LogP contribution in [0.1, 0.15) is 48.0 Å². The summed E-state index contributed by atoms with van der Waals surface area (Å²) in [6.07, 6.45) is 1.06. The molecule has 0 N–H and O–H groups in total. The Hall–Kier alpha value is -0.370. The third-order valence-corrected chi connectivity index (χ3v) is 3.30. The van der Waals surface area contributed by atoms with E-state index in [2.05, 4.69) is 39.6 Å². The molecule has 0 saturated carbocycles. The smallest absolute Gasteiger partial charge is 0.152 e. The van der Waals surface area contributed by atoms with E-state index in [4.69, 9.17) is 0 Å². The summed E-state index contributed by atoms with van der Waals surface area (Å²) < 4.78 is 0. The minimum absolute atomic E-state index is 0.0787. The molecule has 0 aromatic heterocycles. The van der Waals surface area contributed by atoms with Crippen molar-refractivity contribution in [2.75, 3.05) is 7.05 Å². The topological polar surface area (TPSA) is 20.3 Å². The van der Waals surface area contributed by atoms with Crippen molar-refractivity contribution in [2.24, 2.45) is 11.8 Å². The Balaban J connectivity index is 4.80. The maximum atomic E-state index is 12.1. The van der Waals surface area contributed by atoms with Gasteiger partial charge in [0.05, 0.1) is 6.04 Å². The van der Waals surface area contributed by atoms with Gasteiger partial charge in [0.2, 0.25) is 0 Å². The van der Waals surface area contributed by atoms with Gasteiger partial charge in [-0.2, -0.15) is 0 Å². The first kappa shape index (κ1) is 14.6. The summed E-state index contributed by atoms with van der Waals surface area (Å²) in [6, 6.07) is 0.502. The predicted molar refractivity (Wildman–Crippen MR) is 66.0 cm³/mol. The first-order valence-corrected chi connectivity index (χ1v) is 6.08. The van der Waals surface area contributed by atoms with Crippen LogP contribution in [0.4, 0.5) is 0 Å². The van der Waals surface area contributed by atoms with Gasteiger partial charge in [0.1, 0.15) is 0 Å². The zero-order chi connectivity index (χ0) is 12.2. The number of likely N-dealkylation sites (N-methyl/N-ethyl adjacent to an activating group) is 1. The molecule has 0 heterocycles. The van der Waals surface area contributed by atoms with Crippen LogP contribution >= 0.6 is 0 Å². The van der Waals surface area contributed by atoms with Gasteiger partial charge in [-0.3, -0.25) is 9.69 Å². The summed E-state index contributed by atoms with van der Waals surface area (Å²) in [7, 11) is 2.06. The molecule has 90 valence electrons. The van der Waals surface area contributed by atoms with E-state index < -0.39 is 0 Å². The standard InChI is InChI=1S/C13H27NO/c1-8-11(6)12(13(15)9(2)3)14(7)10(4)5/h9-12H,8H2,1-7H3/t11?,12-/m0/s1. The van der Waals surface area contributed by atoms with Crippen molar-refractivity contribution in [3.05, 3.63) is 0 Å². The Morgan fingerprint density at radius 2 is 1.60 bits per heavy atom. The molecule has 2 nitrogen and oxygen atoms in total. The molecule has 0 rings (SSSR count). The number of Topliss-reactive ketones (excluding diaryl/α,β-unsaturated/α-hetero) is 1. The highest BCUT2D eigenvalue weighted by Gasteiger charge is 2.30. The average Bonchev–Trinajstić information content (AvgIpc) is 2.16. The van der Waals surface area contributed by atoms with Crippen LogP contribution < -0.4 is 0 Å². The Kier molecular flexibility index (Phi) is 6.11. The second kappa shape index (κ2) is 6.26. The molecule has 0 radical (unpaired) electrons. The van der Waals surface area contributed by atoms with Crippen LogP contribution in [0.25, 0.3) is 0 Å². The molecule has 15 heavy (non-hydrogen) atoms. The first-order chi connectivity index (χ1) is 6.82. The van der Waals surface area contributed by atoms with Crippen LogP contribution in [0.5, 0.6) is 0 Å². The van der Waals surface area contributed by atoms with Crippen molar-refractivity contribution in [1.29, 1.82) is 0 Å². The van der Waals surface area contributed by atoms with E-state index in [0.717, 1.165) is 6.42 Å².